The maximum atomic E-state index is 12.6. The molecule has 5 heteroatoms. The van der Waals surface area contributed by atoms with Gasteiger partial charge in [0, 0.05) is 25.6 Å². The highest BCUT2D eigenvalue weighted by molar-refractivity contribution is 6.03. The van der Waals surface area contributed by atoms with Crippen LogP contribution in [0.4, 0.5) is 5.69 Å². The van der Waals surface area contributed by atoms with Crippen LogP contribution in [0.25, 0.3) is 0 Å². The van der Waals surface area contributed by atoms with Crippen molar-refractivity contribution in [1.29, 1.82) is 0 Å². The van der Waals surface area contributed by atoms with Crippen LogP contribution < -0.4 is 11.1 Å². The van der Waals surface area contributed by atoms with Crippen molar-refractivity contribution in [3.63, 3.8) is 0 Å². The Bertz CT molecular complexity index is 740. The second kappa shape index (κ2) is 7.94. The molecule has 1 fully saturated rings. The number of para-hydroxylation sites is 1. The van der Waals surface area contributed by atoms with E-state index in [0.29, 0.717) is 11.3 Å². The molecule has 130 valence electrons. The Kier molecular flexibility index (Phi) is 5.46. The third-order valence-corrected chi connectivity index (χ3v) is 4.46. The van der Waals surface area contributed by atoms with Gasteiger partial charge in [-0.15, -0.1) is 0 Å². The number of nitrogens with one attached hydrogen (secondary N) is 1. The molecule has 3 rings (SSSR count). The van der Waals surface area contributed by atoms with Gasteiger partial charge in [-0.25, -0.2) is 0 Å². The Balaban J connectivity index is 1.68. The van der Waals surface area contributed by atoms with Gasteiger partial charge in [-0.2, -0.15) is 0 Å². The molecule has 2 aromatic carbocycles. The maximum absolute atomic E-state index is 12.6. The van der Waals surface area contributed by atoms with Crippen LogP contribution in [-0.4, -0.2) is 29.8 Å². The van der Waals surface area contributed by atoms with Gasteiger partial charge < -0.3 is 16.0 Å². The summed E-state index contributed by atoms with van der Waals surface area (Å²) in [6.07, 6.45) is 2.23. The van der Waals surface area contributed by atoms with Crippen LogP contribution in [0.5, 0.6) is 0 Å². The lowest BCUT2D eigenvalue weighted by Gasteiger charge is -2.18. The summed E-state index contributed by atoms with van der Waals surface area (Å²) in [5, 5.41) is 2.85. The van der Waals surface area contributed by atoms with Gasteiger partial charge in [-0.1, -0.05) is 42.5 Å². The summed E-state index contributed by atoms with van der Waals surface area (Å²) in [5.74, 6) is -0.223. The summed E-state index contributed by atoms with van der Waals surface area (Å²) in [7, 11) is 0. The molecule has 5 nitrogen and oxygen atoms in total. The molecule has 1 saturated heterocycles. The molecule has 0 aromatic heterocycles. The van der Waals surface area contributed by atoms with Crippen molar-refractivity contribution in [2.45, 2.75) is 25.3 Å². The van der Waals surface area contributed by atoms with E-state index in [-0.39, 0.29) is 24.3 Å². The van der Waals surface area contributed by atoms with E-state index in [1.165, 1.54) is 0 Å². The van der Waals surface area contributed by atoms with Crippen LogP contribution in [-0.2, 0) is 4.79 Å². The Morgan fingerprint density at radius 1 is 1.00 bits per heavy atom. The molecule has 0 spiro atoms. The van der Waals surface area contributed by atoms with E-state index in [1.54, 1.807) is 12.1 Å². The summed E-state index contributed by atoms with van der Waals surface area (Å²) < 4.78 is 0. The van der Waals surface area contributed by atoms with Gasteiger partial charge in [-0.05, 0) is 30.5 Å². The van der Waals surface area contributed by atoms with Crippen LogP contribution in [0, 0.1) is 0 Å². The Labute approximate surface area is 147 Å². The van der Waals surface area contributed by atoms with Crippen LogP contribution in [0.1, 0.15) is 41.2 Å². The highest BCUT2D eigenvalue weighted by Crippen LogP contribution is 2.21. The smallest absolute Gasteiger partial charge is 0.255 e. The fourth-order valence-electron chi connectivity index (χ4n) is 3.09. The van der Waals surface area contributed by atoms with E-state index in [9.17, 15) is 9.59 Å². The van der Waals surface area contributed by atoms with Gasteiger partial charge in [0.1, 0.15) is 0 Å². The first-order valence-corrected chi connectivity index (χ1v) is 8.64. The molecule has 1 aliphatic rings. The van der Waals surface area contributed by atoms with E-state index in [4.69, 9.17) is 5.73 Å². The minimum atomic E-state index is -0.373. The topological polar surface area (TPSA) is 75.4 Å². The molecule has 0 radical (unpaired) electrons. The Hall–Kier alpha value is -2.66. The normalized spacial score (nSPS) is 15.0. The Morgan fingerprint density at radius 2 is 1.64 bits per heavy atom. The molecular formula is C20H23N3O2. The van der Waals surface area contributed by atoms with E-state index in [2.05, 4.69) is 5.32 Å². The van der Waals surface area contributed by atoms with E-state index in [0.717, 1.165) is 31.5 Å². The molecule has 1 heterocycles. The predicted octanol–water partition coefficient (Wildman–Crippen LogP) is 2.95. The minimum Gasteiger partial charge on any atom is -0.339 e. The predicted molar refractivity (Wildman–Crippen MR) is 98.2 cm³/mol. The average molecular weight is 337 g/mol. The van der Waals surface area contributed by atoms with E-state index in [1.807, 2.05) is 47.4 Å². The van der Waals surface area contributed by atoms with Crippen molar-refractivity contribution in [2.24, 2.45) is 5.73 Å². The van der Waals surface area contributed by atoms with Gasteiger partial charge in [0.2, 0.25) is 5.91 Å². The molecule has 3 N–H and O–H groups in total. The summed E-state index contributed by atoms with van der Waals surface area (Å²) >= 11 is 0. The van der Waals surface area contributed by atoms with E-state index < -0.39 is 0 Å². The molecule has 25 heavy (non-hydrogen) atoms. The number of amides is 2. The van der Waals surface area contributed by atoms with Crippen LogP contribution in [0.15, 0.2) is 54.6 Å². The van der Waals surface area contributed by atoms with Crippen molar-refractivity contribution < 1.29 is 9.59 Å². The van der Waals surface area contributed by atoms with Gasteiger partial charge in [0.05, 0.1) is 11.3 Å². The number of nitrogens with two attached hydrogens (primary N) is 1. The number of benzene rings is 2. The first kappa shape index (κ1) is 17.2. The van der Waals surface area contributed by atoms with Crippen molar-refractivity contribution >= 4 is 17.5 Å². The summed E-state index contributed by atoms with van der Waals surface area (Å²) in [6.45, 7) is 1.56. The highest BCUT2D eigenvalue weighted by Gasteiger charge is 2.22. The summed E-state index contributed by atoms with van der Waals surface area (Å²) in [6, 6.07) is 16.3. The Morgan fingerprint density at radius 3 is 2.36 bits per heavy atom. The monoisotopic (exact) mass is 337 g/mol. The van der Waals surface area contributed by atoms with Crippen molar-refractivity contribution in [2.75, 3.05) is 18.4 Å². The lowest BCUT2D eigenvalue weighted by Crippen LogP contribution is -2.29. The number of hydrogen-bond donors (Lipinski definition) is 2. The SMILES string of the molecule is NC(CC(=O)Nc1ccccc1C(=O)N1CCCC1)c1ccccc1. The van der Waals surface area contributed by atoms with Crippen molar-refractivity contribution in [3.8, 4) is 0 Å². The zero-order chi connectivity index (χ0) is 17.6. The van der Waals surface area contributed by atoms with Gasteiger partial charge in [0.15, 0.2) is 0 Å². The van der Waals surface area contributed by atoms with Gasteiger partial charge >= 0.3 is 0 Å². The van der Waals surface area contributed by atoms with E-state index >= 15 is 0 Å². The molecule has 2 amide bonds. The maximum Gasteiger partial charge on any atom is 0.255 e. The molecule has 1 aliphatic heterocycles. The third kappa shape index (κ3) is 4.25. The fourth-order valence-corrected chi connectivity index (χ4v) is 3.09. The van der Waals surface area contributed by atoms with Crippen LogP contribution in [0.2, 0.25) is 0 Å². The van der Waals surface area contributed by atoms with Gasteiger partial charge in [0.25, 0.3) is 5.91 Å². The average Bonchev–Trinajstić information content (AvgIpc) is 3.17. The molecular weight excluding hydrogens is 314 g/mol. The fraction of sp³-hybridized carbons (Fsp3) is 0.300. The number of carbonyl (C=O) groups excluding carboxylic acids is 2. The number of anilines is 1. The zero-order valence-electron chi connectivity index (χ0n) is 14.2. The minimum absolute atomic E-state index is 0.0271. The lowest BCUT2D eigenvalue weighted by atomic mass is 10.0. The lowest BCUT2D eigenvalue weighted by molar-refractivity contribution is -0.116. The number of likely N-dealkylation sites (tertiary alicyclic amines) is 1. The standard InChI is InChI=1S/C20H23N3O2/c21-17(15-8-2-1-3-9-15)14-19(24)22-18-11-5-4-10-16(18)20(25)23-12-6-7-13-23/h1-5,8-11,17H,6-7,12-14,21H2,(H,22,24). The second-order valence-electron chi connectivity index (χ2n) is 6.31. The zero-order valence-corrected chi connectivity index (χ0v) is 14.2. The number of carbonyl (C=O) groups is 2. The first-order chi connectivity index (χ1) is 12.1. The van der Waals surface area contributed by atoms with Crippen molar-refractivity contribution in [1.82, 2.24) is 4.90 Å². The van der Waals surface area contributed by atoms with Gasteiger partial charge in [-0.3, -0.25) is 9.59 Å². The summed E-state index contributed by atoms with van der Waals surface area (Å²) in [4.78, 5) is 26.9. The van der Waals surface area contributed by atoms with Crippen molar-refractivity contribution in [3.05, 3.63) is 65.7 Å². The van der Waals surface area contributed by atoms with Crippen LogP contribution >= 0.6 is 0 Å². The summed E-state index contributed by atoms with van der Waals surface area (Å²) in [5.41, 5.74) is 8.11. The molecule has 0 aliphatic carbocycles. The highest BCUT2D eigenvalue weighted by atomic mass is 16.2. The third-order valence-electron chi connectivity index (χ3n) is 4.46. The number of hydrogen-bond acceptors (Lipinski definition) is 3. The largest absolute Gasteiger partial charge is 0.339 e. The molecule has 1 unspecified atom stereocenters. The molecule has 0 saturated carbocycles. The first-order valence-electron chi connectivity index (χ1n) is 8.64. The molecule has 1 atom stereocenters. The molecule has 0 bridgehead atoms. The molecule has 2 aromatic rings. The number of rotatable bonds is 5. The quantitative estimate of drug-likeness (QED) is 0.881. The second-order valence-corrected chi connectivity index (χ2v) is 6.31. The number of nitrogens with zero attached hydrogens (tertiary/aromatic N) is 1. The van der Waals surface area contributed by atoms with Crippen LogP contribution in [0.3, 0.4) is 0 Å².